The van der Waals surface area contributed by atoms with Crippen molar-refractivity contribution in [2.45, 2.75) is 202 Å². The van der Waals surface area contributed by atoms with Crippen molar-refractivity contribution in [2.24, 2.45) is 23.7 Å². The first-order valence-electron chi connectivity index (χ1n) is 19.2. The molecule has 0 saturated carbocycles. The summed E-state index contributed by atoms with van der Waals surface area (Å²) in [4.78, 5) is 24.8. The van der Waals surface area contributed by atoms with Crippen molar-refractivity contribution in [1.82, 2.24) is 0 Å². The number of hydrogen-bond acceptors (Lipinski definition) is 4. The number of hydrogen-bond donors (Lipinski definition) is 0. The molecule has 0 aromatic heterocycles. The second kappa shape index (κ2) is 30.9. The Hall–Kier alpha value is -1.06. The third kappa shape index (κ3) is 25.9. The molecule has 256 valence electrons. The van der Waals surface area contributed by atoms with E-state index < -0.39 is 0 Å². The lowest BCUT2D eigenvalue weighted by Crippen LogP contribution is -2.33. The number of unbranched alkanes of at least 4 members (excludes halogenated alkanes) is 20. The lowest BCUT2D eigenvalue weighted by atomic mass is 9.74. The highest BCUT2D eigenvalue weighted by Crippen LogP contribution is 2.33. The zero-order valence-corrected chi connectivity index (χ0v) is 30.0. The molecular formula is C39H76O4. The predicted octanol–water partition coefficient (Wildman–Crippen LogP) is 12.4. The molecule has 4 nitrogen and oxygen atoms in total. The Morgan fingerprint density at radius 2 is 0.860 bits per heavy atom. The highest BCUT2D eigenvalue weighted by atomic mass is 16.5. The second-order valence-electron chi connectivity index (χ2n) is 14.0. The molecule has 0 aliphatic carbocycles. The molecular weight excluding hydrogens is 532 g/mol. The first-order valence-corrected chi connectivity index (χ1v) is 19.2. The van der Waals surface area contributed by atoms with Gasteiger partial charge in [0, 0.05) is 6.42 Å². The van der Waals surface area contributed by atoms with Crippen LogP contribution in [0.1, 0.15) is 202 Å². The van der Waals surface area contributed by atoms with Gasteiger partial charge in [0.1, 0.15) is 0 Å². The maximum Gasteiger partial charge on any atom is 0.309 e. The van der Waals surface area contributed by atoms with Gasteiger partial charge in [-0.3, -0.25) is 9.59 Å². The van der Waals surface area contributed by atoms with Gasteiger partial charge in [-0.05, 0) is 43.4 Å². The zero-order valence-electron chi connectivity index (χ0n) is 30.0. The Kier molecular flexibility index (Phi) is 30.2. The fraction of sp³-hybridized carbons (Fsp3) is 0.949. The van der Waals surface area contributed by atoms with Crippen LogP contribution < -0.4 is 0 Å². The van der Waals surface area contributed by atoms with Crippen LogP contribution in [0.4, 0.5) is 0 Å². The molecule has 0 aliphatic heterocycles. The molecule has 0 bridgehead atoms. The minimum absolute atomic E-state index is 0.00140. The molecule has 0 fully saturated rings. The minimum atomic E-state index is -0.00140. The fourth-order valence-corrected chi connectivity index (χ4v) is 6.40. The van der Waals surface area contributed by atoms with E-state index in [1.54, 1.807) is 0 Å². The van der Waals surface area contributed by atoms with Gasteiger partial charge in [0.05, 0.1) is 19.1 Å². The standard InChI is InChI=1S/C39H76O4/c1-7-9-11-24-28-32-42-37(40)31-27-23-21-19-17-15-13-14-16-18-20-22-26-30-36(34(3)4)38(35(5)6)39(41)43-33-29-25-12-10-8-2/h34-36,38H,7-33H2,1-6H3. The number of carbonyl (C=O) groups is 2. The molecule has 0 aromatic rings. The molecule has 0 radical (unpaired) electrons. The van der Waals surface area contributed by atoms with E-state index in [1.807, 2.05) is 0 Å². The van der Waals surface area contributed by atoms with Crippen molar-refractivity contribution in [3.63, 3.8) is 0 Å². The molecule has 43 heavy (non-hydrogen) atoms. The quantitative estimate of drug-likeness (QED) is 0.0563. The normalized spacial score (nSPS) is 13.0. The van der Waals surface area contributed by atoms with Crippen LogP contribution in [-0.2, 0) is 19.1 Å². The number of ether oxygens (including phenoxy) is 2. The number of esters is 2. The van der Waals surface area contributed by atoms with Crippen molar-refractivity contribution < 1.29 is 19.1 Å². The lowest BCUT2D eigenvalue weighted by molar-refractivity contribution is -0.153. The fourth-order valence-electron chi connectivity index (χ4n) is 6.40. The van der Waals surface area contributed by atoms with Crippen LogP contribution in [0.15, 0.2) is 0 Å². The summed E-state index contributed by atoms with van der Waals surface area (Å²) in [6.45, 7) is 14.6. The molecule has 2 unspecified atom stereocenters. The highest BCUT2D eigenvalue weighted by Gasteiger charge is 2.33. The third-order valence-corrected chi connectivity index (χ3v) is 9.23. The topological polar surface area (TPSA) is 52.6 Å². The van der Waals surface area contributed by atoms with Crippen LogP contribution in [0.2, 0.25) is 0 Å². The smallest absolute Gasteiger partial charge is 0.309 e. The molecule has 0 heterocycles. The Morgan fingerprint density at radius 3 is 1.30 bits per heavy atom. The average Bonchev–Trinajstić information content (AvgIpc) is 2.97. The van der Waals surface area contributed by atoms with E-state index >= 15 is 0 Å². The van der Waals surface area contributed by atoms with Crippen molar-refractivity contribution in [3.05, 3.63) is 0 Å². The predicted molar refractivity (Wildman–Crippen MR) is 185 cm³/mol. The van der Waals surface area contributed by atoms with Gasteiger partial charge >= 0.3 is 11.9 Å². The van der Waals surface area contributed by atoms with Crippen molar-refractivity contribution in [3.8, 4) is 0 Å². The van der Waals surface area contributed by atoms with Gasteiger partial charge < -0.3 is 9.47 Å². The van der Waals surface area contributed by atoms with Gasteiger partial charge in [0.2, 0.25) is 0 Å². The van der Waals surface area contributed by atoms with Crippen LogP contribution in [0.5, 0.6) is 0 Å². The molecule has 4 heteroatoms. The van der Waals surface area contributed by atoms with E-state index in [1.165, 1.54) is 122 Å². The first kappa shape index (κ1) is 41.9. The Balaban J connectivity index is 3.78. The molecule has 0 N–H and O–H groups in total. The summed E-state index contributed by atoms with van der Waals surface area (Å²) < 4.78 is 11.1. The van der Waals surface area contributed by atoms with Gasteiger partial charge in [0.15, 0.2) is 0 Å². The average molecular weight is 609 g/mol. The Labute approximate surface area is 269 Å². The van der Waals surface area contributed by atoms with Gasteiger partial charge in [-0.15, -0.1) is 0 Å². The molecule has 0 rings (SSSR count). The SMILES string of the molecule is CCCCCCCOC(=O)CCCCCCCCCCCCCCCC(C(C)C)C(C(=O)OCCCCCCC)C(C)C. The van der Waals surface area contributed by atoms with Crippen LogP contribution in [-0.4, -0.2) is 25.2 Å². The van der Waals surface area contributed by atoms with Gasteiger partial charge in [-0.1, -0.05) is 170 Å². The van der Waals surface area contributed by atoms with E-state index in [-0.39, 0.29) is 17.9 Å². The van der Waals surface area contributed by atoms with Crippen LogP contribution in [0.25, 0.3) is 0 Å². The number of rotatable bonds is 32. The molecule has 0 spiro atoms. The summed E-state index contributed by atoms with van der Waals surface area (Å²) in [6, 6.07) is 0. The summed E-state index contributed by atoms with van der Waals surface area (Å²) in [5.41, 5.74) is 0. The zero-order chi connectivity index (χ0) is 32.0. The van der Waals surface area contributed by atoms with Gasteiger partial charge in [0.25, 0.3) is 0 Å². The van der Waals surface area contributed by atoms with E-state index in [4.69, 9.17) is 9.47 Å². The molecule has 0 aliphatic rings. The van der Waals surface area contributed by atoms with Crippen LogP contribution in [0, 0.1) is 23.7 Å². The van der Waals surface area contributed by atoms with Gasteiger partial charge in [-0.25, -0.2) is 0 Å². The summed E-state index contributed by atoms with van der Waals surface area (Å²) in [7, 11) is 0. The Bertz CT molecular complexity index is 614. The highest BCUT2D eigenvalue weighted by molar-refractivity contribution is 5.73. The van der Waals surface area contributed by atoms with Crippen molar-refractivity contribution >= 4 is 11.9 Å². The number of carbonyl (C=O) groups excluding carboxylic acids is 2. The lowest BCUT2D eigenvalue weighted by Gasteiger charge is -2.31. The van der Waals surface area contributed by atoms with Crippen LogP contribution >= 0.6 is 0 Å². The van der Waals surface area contributed by atoms with Gasteiger partial charge in [-0.2, -0.15) is 0 Å². The molecule has 2 atom stereocenters. The van der Waals surface area contributed by atoms with E-state index in [9.17, 15) is 9.59 Å². The van der Waals surface area contributed by atoms with Crippen LogP contribution in [0.3, 0.4) is 0 Å². The molecule has 0 aromatic carbocycles. The second-order valence-corrected chi connectivity index (χ2v) is 14.0. The minimum Gasteiger partial charge on any atom is -0.466 e. The third-order valence-electron chi connectivity index (χ3n) is 9.23. The largest absolute Gasteiger partial charge is 0.466 e. The summed E-state index contributed by atoms with van der Waals surface area (Å²) in [6.07, 6.45) is 30.3. The summed E-state index contributed by atoms with van der Waals surface area (Å²) in [5, 5.41) is 0. The maximum absolute atomic E-state index is 13.0. The monoisotopic (exact) mass is 609 g/mol. The van der Waals surface area contributed by atoms with Crippen molar-refractivity contribution in [1.29, 1.82) is 0 Å². The Morgan fingerprint density at radius 1 is 0.465 bits per heavy atom. The molecule has 0 amide bonds. The van der Waals surface area contributed by atoms with E-state index in [0.717, 1.165) is 32.1 Å². The maximum atomic E-state index is 13.0. The summed E-state index contributed by atoms with van der Waals surface area (Å²) in [5.74, 6) is 1.34. The van der Waals surface area contributed by atoms with E-state index in [2.05, 4.69) is 41.5 Å². The first-order chi connectivity index (χ1) is 20.8. The van der Waals surface area contributed by atoms with Crippen molar-refractivity contribution in [2.75, 3.05) is 13.2 Å². The summed E-state index contributed by atoms with van der Waals surface area (Å²) >= 11 is 0. The molecule has 0 saturated heterocycles. The van der Waals surface area contributed by atoms with E-state index in [0.29, 0.717) is 37.4 Å².